The van der Waals surface area contributed by atoms with Gasteiger partial charge in [0, 0.05) is 12.1 Å². The quantitative estimate of drug-likeness (QED) is 0.893. The van der Waals surface area contributed by atoms with Crippen LogP contribution in [0.2, 0.25) is 5.02 Å². The third-order valence-corrected chi connectivity index (χ3v) is 2.81. The molecule has 0 atom stereocenters. The van der Waals surface area contributed by atoms with E-state index in [2.05, 4.69) is 5.10 Å². The van der Waals surface area contributed by atoms with E-state index >= 15 is 0 Å². The molecule has 0 aliphatic rings. The highest BCUT2D eigenvalue weighted by atomic mass is 35.5. The molecule has 0 saturated heterocycles. The predicted octanol–water partition coefficient (Wildman–Crippen LogP) is 3.06. The Balaban J connectivity index is 2.41. The van der Waals surface area contributed by atoms with E-state index in [9.17, 15) is 0 Å². The van der Waals surface area contributed by atoms with E-state index in [1.54, 1.807) is 17.8 Å². The van der Waals surface area contributed by atoms with Crippen LogP contribution in [0.1, 0.15) is 11.3 Å². The molecular weight excluding hydrogens is 238 g/mol. The molecule has 4 nitrogen and oxygen atoms in total. The second-order valence-electron chi connectivity index (χ2n) is 3.94. The summed E-state index contributed by atoms with van der Waals surface area (Å²) < 4.78 is 7.38. The number of nitrogens with zero attached hydrogens (tertiary/aromatic N) is 2. The Hall–Kier alpha value is -1.68. The van der Waals surface area contributed by atoms with Crippen molar-refractivity contribution in [3.63, 3.8) is 0 Å². The number of hydrogen-bond acceptors (Lipinski definition) is 3. The number of nitrogens with two attached hydrogens (primary N) is 1. The summed E-state index contributed by atoms with van der Waals surface area (Å²) in [5, 5.41) is 4.82. The van der Waals surface area contributed by atoms with Gasteiger partial charge in [0.05, 0.1) is 5.69 Å². The van der Waals surface area contributed by atoms with Crippen molar-refractivity contribution in [1.82, 2.24) is 9.78 Å². The van der Waals surface area contributed by atoms with Gasteiger partial charge in [-0.3, -0.25) is 0 Å². The maximum atomic E-state index is 5.93. The molecule has 0 radical (unpaired) electrons. The second-order valence-corrected chi connectivity index (χ2v) is 4.38. The van der Waals surface area contributed by atoms with E-state index in [1.165, 1.54) is 0 Å². The van der Waals surface area contributed by atoms with Crippen LogP contribution in [0, 0.1) is 13.8 Å². The zero-order chi connectivity index (χ0) is 12.6. The maximum Gasteiger partial charge on any atom is 0.241 e. The molecule has 0 amide bonds. The standard InChI is InChI=1S/C12H14ClN3O/c1-7-4-5-9(13)6-10(7)17-12-11(14)8(2)15-16(12)3/h4-6H,14H2,1-3H3. The average Bonchev–Trinajstić information content (AvgIpc) is 2.50. The lowest BCUT2D eigenvalue weighted by molar-refractivity contribution is 0.430. The van der Waals surface area contributed by atoms with Crippen LogP contribution in [-0.2, 0) is 7.05 Å². The minimum absolute atomic E-state index is 0.535. The van der Waals surface area contributed by atoms with Crippen molar-refractivity contribution in [2.45, 2.75) is 13.8 Å². The molecule has 5 heteroatoms. The molecule has 2 aromatic rings. The molecule has 0 saturated carbocycles. The van der Waals surface area contributed by atoms with Crippen molar-refractivity contribution < 1.29 is 4.74 Å². The topological polar surface area (TPSA) is 53.1 Å². The molecule has 0 spiro atoms. The lowest BCUT2D eigenvalue weighted by Gasteiger charge is -2.09. The summed E-state index contributed by atoms with van der Waals surface area (Å²) in [5.74, 6) is 1.22. The van der Waals surface area contributed by atoms with Crippen molar-refractivity contribution in [1.29, 1.82) is 0 Å². The Bertz CT molecular complexity index is 563. The zero-order valence-electron chi connectivity index (χ0n) is 9.99. The van der Waals surface area contributed by atoms with Crippen LogP contribution in [0.5, 0.6) is 11.6 Å². The van der Waals surface area contributed by atoms with Gasteiger partial charge in [-0.2, -0.15) is 5.10 Å². The van der Waals surface area contributed by atoms with Gasteiger partial charge >= 0.3 is 0 Å². The minimum Gasteiger partial charge on any atom is -0.437 e. The van der Waals surface area contributed by atoms with Crippen LogP contribution < -0.4 is 10.5 Å². The summed E-state index contributed by atoms with van der Waals surface area (Å²) in [6, 6.07) is 5.48. The van der Waals surface area contributed by atoms with Crippen LogP contribution >= 0.6 is 11.6 Å². The van der Waals surface area contributed by atoms with Gasteiger partial charge in [0.25, 0.3) is 0 Å². The van der Waals surface area contributed by atoms with E-state index in [0.29, 0.717) is 22.3 Å². The largest absolute Gasteiger partial charge is 0.437 e. The molecule has 0 aliphatic heterocycles. The Morgan fingerprint density at radius 2 is 2.06 bits per heavy atom. The lowest BCUT2D eigenvalue weighted by Crippen LogP contribution is -1.98. The molecule has 0 aliphatic carbocycles. The molecule has 90 valence electrons. The summed E-state index contributed by atoms with van der Waals surface area (Å²) in [6.45, 7) is 3.79. The van der Waals surface area contributed by atoms with Gasteiger partial charge < -0.3 is 10.5 Å². The second kappa shape index (κ2) is 4.30. The summed E-state index contributed by atoms with van der Waals surface area (Å²) in [7, 11) is 1.79. The highest BCUT2D eigenvalue weighted by molar-refractivity contribution is 6.30. The molecule has 17 heavy (non-hydrogen) atoms. The number of aryl methyl sites for hydroxylation is 3. The first kappa shape index (κ1) is 11.8. The SMILES string of the molecule is Cc1ccc(Cl)cc1Oc1c(N)c(C)nn1C. The van der Waals surface area contributed by atoms with E-state index < -0.39 is 0 Å². The van der Waals surface area contributed by atoms with Gasteiger partial charge in [-0.25, -0.2) is 4.68 Å². The number of anilines is 1. The van der Waals surface area contributed by atoms with Gasteiger partial charge in [0.2, 0.25) is 5.88 Å². The third-order valence-electron chi connectivity index (χ3n) is 2.57. The monoisotopic (exact) mass is 251 g/mol. The normalized spacial score (nSPS) is 10.6. The summed E-state index contributed by atoms with van der Waals surface area (Å²) in [6.07, 6.45) is 0. The molecule has 0 fully saturated rings. The third kappa shape index (κ3) is 2.22. The zero-order valence-corrected chi connectivity index (χ0v) is 10.7. The Labute approximate surface area is 105 Å². The number of nitrogen functional groups attached to an aromatic ring is 1. The number of rotatable bonds is 2. The molecule has 1 aromatic carbocycles. The number of benzene rings is 1. The molecule has 1 heterocycles. The van der Waals surface area contributed by atoms with Crippen molar-refractivity contribution >= 4 is 17.3 Å². The van der Waals surface area contributed by atoms with Gasteiger partial charge in [0.15, 0.2) is 0 Å². The maximum absolute atomic E-state index is 5.93. The first-order valence-corrected chi connectivity index (χ1v) is 5.60. The summed E-state index contributed by atoms with van der Waals surface area (Å²) >= 11 is 5.93. The van der Waals surface area contributed by atoms with Crippen LogP contribution in [0.4, 0.5) is 5.69 Å². The molecule has 0 bridgehead atoms. The predicted molar refractivity (Wildman–Crippen MR) is 68.6 cm³/mol. The molecular formula is C12H14ClN3O. The van der Waals surface area contributed by atoms with Crippen LogP contribution in [-0.4, -0.2) is 9.78 Å². The fourth-order valence-electron chi connectivity index (χ4n) is 1.56. The molecule has 1 aromatic heterocycles. The van der Waals surface area contributed by atoms with Crippen LogP contribution in [0.15, 0.2) is 18.2 Å². The first-order valence-electron chi connectivity index (χ1n) is 5.22. The van der Waals surface area contributed by atoms with Gasteiger partial charge in [-0.15, -0.1) is 0 Å². The summed E-state index contributed by atoms with van der Waals surface area (Å²) in [5.41, 5.74) is 8.19. The summed E-state index contributed by atoms with van der Waals surface area (Å²) in [4.78, 5) is 0. The van der Waals surface area contributed by atoms with Crippen LogP contribution in [0.25, 0.3) is 0 Å². The highest BCUT2D eigenvalue weighted by Crippen LogP contribution is 2.32. The van der Waals surface area contributed by atoms with E-state index in [1.807, 2.05) is 26.0 Å². The van der Waals surface area contributed by atoms with Crippen LogP contribution in [0.3, 0.4) is 0 Å². The van der Waals surface area contributed by atoms with Gasteiger partial charge in [0.1, 0.15) is 11.4 Å². The Morgan fingerprint density at radius 1 is 1.35 bits per heavy atom. The lowest BCUT2D eigenvalue weighted by atomic mass is 10.2. The smallest absolute Gasteiger partial charge is 0.241 e. The average molecular weight is 252 g/mol. The first-order chi connectivity index (χ1) is 7.99. The van der Waals surface area contributed by atoms with Crippen molar-refractivity contribution in [2.24, 2.45) is 7.05 Å². The number of hydrogen-bond donors (Lipinski definition) is 1. The van der Waals surface area contributed by atoms with E-state index in [-0.39, 0.29) is 0 Å². The van der Waals surface area contributed by atoms with Gasteiger partial charge in [-0.1, -0.05) is 17.7 Å². The number of aromatic nitrogens is 2. The van der Waals surface area contributed by atoms with Gasteiger partial charge in [-0.05, 0) is 31.5 Å². The fourth-order valence-corrected chi connectivity index (χ4v) is 1.72. The van der Waals surface area contributed by atoms with Crippen molar-refractivity contribution in [3.8, 4) is 11.6 Å². The highest BCUT2D eigenvalue weighted by Gasteiger charge is 2.13. The number of ether oxygens (including phenoxy) is 1. The molecule has 2 N–H and O–H groups in total. The van der Waals surface area contributed by atoms with Crippen molar-refractivity contribution in [2.75, 3.05) is 5.73 Å². The minimum atomic E-state index is 0.535. The molecule has 2 rings (SSSR count). The number of halogens is 1. The van der Waals surface area contributed by atoms with Crippen molar-refractivity contribution in [3.05, 3.63) is 34.5 Å². The Kier molecular flexibility index (Phi) is 2.98. The van der Waals surface area contributed by atoms with E-state index in [0.717, 1.165) is 11.3 Å². The fraction of sp³-hybridized carbons (Fsp3) is 0.250. The van der Waals surface area contributed by atoms with E-state index in [4.69, 9.17) is 22.1 Å². The Morgan fingerprint density at radius 3 is 2.65 bits per heavy atom. The molecule has 0 unspecified atom stereocenters.